The van der Waals surface area contributed by atoms with Crippen LogP contribution in [0, 0.1) is 0 Å². The number of halogens is 1. The number of fused-ring (bicyclic) bond motifs is 3. The molecule has 0 atom stereocenters. The van der Waals surface area contributed by atoms with Gasteiger partial charge in [0.2, 0.25) is 0 Å². The summed E-state index contributed by atoms with van der Waals surface area (Å²) >= 11 is 8.14. The maximum absolute atomic E-state index is 10.2. The second-order valence-electron chi connectivity index (χ2n) is 6.77. The number of thiophene rings is 1. The zero-order valence-electron chi connectivity index (χ0n) is 13.7. The quantitative estimate of drug-likeness (QED) is 0.705. The minimum atomic E-state index is -0.963. The van der Waals surface area contributed by atoms with Crippen LogP contribution in [-0.2, 0) is 4.65 Å². The molecule has 0 fully saturated rings. The van der Waals surface area contributed by atoms with E-state index in [4.69, 9.17) is 16.3 Å². The van der Waals surface area contributed by atoms with Gasteiger partial charge in [-0.25, -0.2) is 0 Å². The van der Waals surface area contributed by atoms with E-state index in [2.05, 4.69) is 18.2 Å². The van der Waals surface area contributed by atoms with Crippen molar-refractivity contribution in [2.75, 3.05) is 0 Å². The Balaban J connectivity index is 1.98. The summed E-state index contributed by atoms with van der Waals surface area (Å²) in [5.41, 5.74) is -0.864. The van der Waals surface area contributed by atoms with Crippen molar-refractivity contribution in [2.45, 2.75) is 38.9 Å². The molecular weight excluding hydrogens is 327 g/mol. The highest BCUT2D eigenvalue weighted by Crippen LogP contribution is 2.34. The first-order valence-electron chi connectivity index (χ1n) is 7.53. The Labute approximate surface area is 146 Å². The van der Waals surface area contributed by atoms with E-state index in [9.17, 15) is 5.11 Å². The number of benzene rings is 2. The van der Waals surface area contributed by atoms with Gasteiger partial charge in [0.05, 0.1) is 11.2 Å². The van der Waals surface area contributed by atoms with E-state index in [1.165, 1.54) is 15.5 Å². The summed E-state index contributed by atoms with van der Waals surface area (Å²) in [7, 11) is 1.65. The topological polar surface area (TPSA) is 29.5 Å². The fourth-order valence-electron chi connectivity index (χ4n) is 2.21. The van der Waals surface area contributed by atoms with Crippen molar-refractivity contribution in [3.63, 3.8) is 0 Å². The maximum Gasteiger partial charge on any atom is 0.332 e. The molecule has 1 radical (unpaired) electrons. The molecule has 0 amide bonds. The molecule has 1 aromatic heterocycles. The molecule has 1 heterocycles. The summed E-state index contributed by atoms with van der Waals surface area (Å²) in [5, 5.41) is 13.2. The van der Waals surface area contributed by atoms with Gasteiger partial charge in [0.1, 0.15) is 0 Å². The van der Waals surface area contributed by atoms with Crippen molar-refractivity contribution in [1.29, 1.82) is 0 Å². The molecule has 119 valence electrons. The molecule has 0 saturated carbocycles. The molecular formula is C18H19BClO2S. The molecule has 2 aromatic carbocycles. The van der Waals surface area contributed by atoms with E-state index in [-0.39, 0.29) is 0 Å². The average molecular weight is 346 g/mol. The lowest BCUT2D eigenvalue weighted by molar-refractivity contribution is -0.0893. The van der Waals surface area contributed by atoms with Gasteiger partial charge < -0.3 is 9.76 Å². The van der Waals surface area contributed by atoms with Crippen LogP contribution in [0.25, 0.3) is 20.2 Å². The highest BCUT2D eigenvalue weighted by atomic mass is 35.5. The van der Waals surface area contributed by atoms with Crippen LogP contribution in [0.2, 0.25) is 5.02 Å². The Morgan fingerprint density at radius 2 is 1.74 bits per heavy atom. The summed E-state index contributed by atoms with van der Waals surface area (Å²) in [6, 6.07) is 12.4. The molecule has 0 bridgehead atoms. The number of rotatable bonds is 4. The molecule has 3 aromatic rings. The monoisotopic (exact) mass is 345 g/mol. The third-order valence-electron chi connectivity index (χ3n) is 4.45. The SMILES string of the molecule is CC(C)(O)C(C)(C)O[B]c1cc2c(cc1Cl)sc1ccccc12. The zero-order chi connectivity index (χ0) is 16.8. The van der Waals surface area contributed by atoms with Crippen molar-refractivity contribution in [2.24, 2.45) is 0 Å². The smallest absolute Gasteiger partial charge is 0.332 e. The van der Waals surface area contributed by atoms with E-state index in [0.717, 1.165) is 10.2 Å². The largest absolute Gasteiger partial charge is 0.427 e. The highest BCUT2D eigenvalue weighted by molar-refractivity contribution is 7.25. The van der Waals surface area contributed by atoms with Crippen LogP contribution in [0.5, 0.6) is 0 Å². The second-order valence-corrected chi connectivity index (χ2v) is 8.26. The Morgan fingerprint density at radius 1 is 1.04 bits per heavy atom. The fraction of sp³-hybridized carbons (Fsp3) is 0.333. The van der Waals surface area contributed by atoms with Gasteiger partial charge in [-0.3, -0.25) is 0 Å². The summed E-state index contributed by atoms with van der Waals surface area (Å²) in [4.78, 5) is 0. The van der Waals surface area contributed by atoms with Crippen molar-refractivity contribution in [3.8, 4) is 0 Å². The first kappa shape index (κ1) is 16.8. The van der Waals surface area contributed by atoms with Gasteiger partial charge in [0.15, 0.2) is 0 Å². The van der Waals surface area contributed by atoms with Crippen LogP contribution in [0.4, 0.5) is 0 Å². The predicted molar refractivity (Wildman–Crippen MR) is 101 cm³/mol. The van der Waals surface area contributed by atoms with Crippen molar-refractivity contribution in [3.05, 3.63) is 41.4 Å². The van der Waals surface area contributed by atoms with Gasteiger partial charge in [0.25, 0.3) is 0 Å². The van der Waals surface area contributed by atoms with E-state index in [1.54, 1.807) is 32.7 Å². The molecule has 1 N–H and O–H groups in total. The Bertz CT molecular complexity index is 864. The normalized spacial score (nSPS) is 13.0. The van der Waals surface area contributed by atoms with Crippen molar-refractivity contribution in [1.82, 2.24) is 0 Å². The van der Waals surface area contributed by atoms with Gasteiger partial charge in [-0.05, 0) is 50.7 Å². The number of hydrogen-bond acceptors (Lipinski definition) is 3. The summed E-state index contributed by atoms with van der Waals surface area (Å²) in [6.07, 6.45) is 0. The lowest BCUT2D eigenvalue weighted by Crippen LogP contribution is -2.49. The first-order valence-corrected chi connectivity index (χ1v) is 8.73. The molecule has 0 spiro atoms. The lowest BCUT2D eigenvalue weighted by atomic mass is 9.82. The first-order chi connectivity index (χ1) is 10.7. The minimum absolute atomic E-state index is 0.649. The number of aliphatic hydroxyl groups is 1. The van der Waals surface area contributed by atoms with E-state index in [1.807, 2.05) is 32.0 Å². The summed E-state index contributed by atoms with van der Waals surface area (Å²) < 4.78 is 8.25. The van der Waals surface area contributed by atoms with Crippen LogP contribution in [0.15, 0.2) is 36.4 Å². The minimum Gasteiger partial charge on any atom is -0.427 e. The Hall–Kier alpha value is -1.07. The van der Waals surface area contributed by atoms with Crippen LogP contribution in [-0.4, -0.2) is 23.8 Å². The van der Waals surface area contributed by atoms with E-state index < -0.39 is 11.2 Å². The van der Waals surface area contributed by atoms with Crippen molar-refractivity contribution < 1.29 is 9.76 Å². The lowest BCUT2D eigenvalue weighted by Gasteiger charge is -2.37. The van der Waals surface area contributed by atoms with Crippen LogP contribution in [0.3, 0.4) is 0 Å². The molecule has 0 aliphatic rings. The summed E-state index contributed by atoms with van der Waals surface area (Å²) in [5.74, 6) is 0. The molecule has 2 nitrogen and oxygen atoms in total. The highest BCUT2D eigenvalue weighted by Gasteiger charge is 2.35. The average Bonchev–Trinajstić information content (AvgIpc) is 2.81. The van der Waals surface area contributed by atoms with Gasteiger partial charge in [0, 0.05) is 19.8 Å². The van der Waals surface area contributed by atoms with E-state index >= 15 is 0 Å². The molecule has 5 heteroatoms. The molecule has 0 unspecified atom stereocenters. The molecule has 0 aliphatic carbocycles. The summed E-state index contributed by atoms with van der Waals surface area (Å²) in [6.45, 7) is 7.18. The zero-order valence-corrected chi connectivity index (χ0v) is 15.3. The van der Waals surface area contributed by atoms with Crippen LogP contribution in [0.1, 0.15) is 27.7 Å². The third kappa shape index (κ3) is 3.13. The maximum atomic E-state index is 10.2. The molecule has 0 aliphatic heterocycles. The van der Waals surface area contributed by atoms with Gasteiger partial charge >= 0.3 is 7.48 Å². The van der Waals surface area contributed by atoms with Crippen LogP contribution < -0.4 is 5.46 Å². The third-order valence-corrected chi connectivity index (χ3v) is 5.91. The molecule has 3 rings (SSSR count). The fourth-order valence-corrected chi connectivity index (χ4v) is 3.61. The standard InChI is InChI=1S/C18H19BClO2S/c1-17(2,21)18(3,4)22-19-13-9-12-11-7-5-6-8-15(11)23-16(12)10-14(13)20/h5-10,21H,1-4H3. The van der Waals surface area contributed by atoms with Gasteiger partial charge in [-0.1, -0.05) is 35.9 Å². The predicted octanol–water partition coefficient (Wildman–Crippen LogP) is 4.52. The van der Waals surface area contributed by atoms with E-state index in [0.29, 0.717) is 5.02 Å². The van der Waals surface area contributed by atoms with Gasteiger partial charge in [-0.15, -0.1) is 11.3 Å². The van der Waals surface area contributed by atoms with Gasteiger partial charge in [-0.2, -0.15) is 0 Å². The molecule has 0 saturated heterocycles. The van der Waals surface area contributed by atoms with Crippen molar-refractivity contribution >= 4 is 56.1 Å². The Morgan fingerprint density at radius 3 is 2.43 bits per heavy atom. The number of hydrogen-bond donors (Lipinski definition) is 1. The molecule has 23 heavy (non-hydrogen) atoms. The van der Waals surface area contributed by atoms with Crippen LogP contribution >= 0.6 is 22.9 Å². The second kappa shape index (κ2) is 5.78. The Kier molecular flexibility index (Phi) is 4.22.